The van der Waals surface area contributed by atoms with Gasteiger partial charge in [0.1, 0.15) is 0 Å². The van der Waals surface area contributed by atoms with Crippen LogP contribution in [0.15, 0.2) is 12.9 Å². The molecule has 6 nitrogen and oxygen atoms in total. The van der Waals surface area contributed by atoms with Crippen molar-refractivity contribution in [2.75, 3.05) is 0 Å². The first kappa shape index (κ1) is 54.4. The summed E-state index contributed by atoms with van der Waals surface area (Å²) in [5.41, 5.74) is 0. The fourth-order valence-electron chi connectivity index (χ4n) is 6.11. The Morgan fingerprint density at radius 3 is 0.560 bits per heavy atom. The molecule has 0 rings (SSSR count). The molecule has 0 unspecified atom stereocenters. The van der Waals surface area contributed by atoms with Crippen molar-refractivity contribution in [3.8, 4) is 0 Å². The normalized spacial score (nSPS) is 11.7. The maximum absolute atomic E-state index is 7.14. The quantitative estimate of drug-likeness (QED) is 0.0380. The number of nitrogens with zero attached hydrogens (tertiary/aromatic N) is 4. The van der Waals surface area contributed by atoms with Gasteiger partial charge in [-0.1, -0.05) is 0 Å². The predicted molar refractivity (Wildman–Crippen MR) is 243 cm³/mol. The Kier molecular flexibility index (Phi) is 38.9. The zero-order valence-corrected chi connectivity index (χ0v) is 47.9. The van der Waals surface area contributed by atoms with E-state index >= 15 is 0 Å². The Hall–Kier alpha value is 2.31. The van der Waals surface area contributed by atoms with Crippen molar-refractivity contribution in [3.63, 3.8) is 0 Å². The molecule has 0 spiro atoms. The third-order valence-corrected chi connectivity index (χ3v) is 76.6. The molecule has 0 fully saturated rings. The first-order valence-corrected chi connectivity index (χ1v) is 47.5. The second-order valence-corrected chi connectivity index (χ2v) is 58.9. The van der Waals surface area contributed by atoms with Crippen LogP contribution in [0.4, 0.5) is 0 Å². The molecule has 0 saturated heterocycles. The summed E-state index contributed by atoms with van der Waals surface area (Å²) in [5.74, 6) is 0. The zero-order valence-electron chi connectivity index (χ0n) is 33.2. The minimum atomic E-state index is -3.18. The van der Waals surface area contributed by atoms with Crippen LogP contribution in [0.25, 0.3) is 0 Å². The van der Waals surface area contributed by atoms with Crippen LogP contribution < -0.4 is 0 Å². The van der Waals surface area contributed by atoms with Crippen molar-refractivity contribution in [3.05, 3.63) is 0 Å². The Morgan fingerprint density at radius 1 is 0.320 bits per heavy atom. The first-order chi connectivity index (χ1) is 24.1. The van der Waals surface area contributed by atoms with E-state index in [1.165, 1.54) is 103 Å². The van der Waals surface area contributed by atoms with Crippen LogP contribution in [0.5, 0.6) is 0 Å². The van der Waals surface area contributed by atoms with E-state index in [4.69, 9.17) is 64.6 Å². The summed E-state index contributed by atoms with van der Waals surface area (Å²) in [5, 5.41) is 10.9. The summed E-state index contributed by atoms with van der Waals surface area (Å²) >= 11 is 7.44. The van der Waals surface area contributed by atoms with Crippen molar-refractivity contribution in [2.45, 2.75) is 194 Å². The summed E-state index contributed by atoms with van der Waals surface area (Å²) in [6, 6.07) is 0. The van der Waals surface area contributed by atoms with Crippen LogP contribution >= 0.6 is 48.9 Å². The van der Waals surface area contributed by atoms with E-state index < -0.39 is 76.3 Å². The molecule has 0 N–H and O–H groups in total. The molecular weight excluding hydrogens is 1120 g/mol. The van der Waals surface area contributed by atoms with Crippen molar-refractivity contribution >= 4 is 146 Å². The topological polar surface area (TPSA) is 67.9 Å². The molecule has 0 aliphatic rings. The molecule has 0 aliphatic heterocycles. The molecule has 50 heavy (non-hydrogen) atoms. The summed E-state index contributed by atoms with van der Waals surface area (Å²) in [7, 11) is 0. The van der Waals surface area contributed by atoms with Gasteiger partial charge in [0.05, 0.1) is 0 Å². The van der Waals surface area contributed by atoms with Crippen molar-refractivity contribution < 1.29 is 2.82 Å². The van der Waals surface area contributed by atoms with E-state index in [2.05, 4.69) is 76.0 Å². The Balaban J connectivity index is 0. The third kappa shape index (κ3) is 24.7. The average molecular weight is 1200 g/mol. The number of hydrogen-bond acceptors (Lipinski definition) is 10. The second kappa shape index (κ2) is 35.7. The summed E-state index contributed by atoms with van der Waals surface area (Å²) in [4.78, 5) is 0. The SMILES string of the molecule is CCC[CH2][Sn]([CH2]CCC)([N]=C=S)[O][Sn]([CH2]CCC)([CH2]CCC)[N]=C=S.CCC[CH2][Sn]([CH2]CCC)([N]=C=S)[O][Sn]([CH2]CCC)([CH2]CCC)[N]=C=S. The number of rotatable bonds is 32. The fraction of sp³-hybridized carbons (Fsp3) is 0.889. The van der Waals surface area contributed by atoms with Crippen LogP contribution in [0.3, 0.4) is 0 Å². The van der Waals surface area contributed by atoms with E-state index in [1.807, 2.05) is 0 Å². The number of thiocarbonyl (C=S) groups is 4. The Labute approximate surface area is 350 Å². The van der Waals surface area contributed by atoms with Gasteiger partial charge in [0.25, 0.3) is 0 Å². The summed E-state index contributed by atoms with van der Waals surface area (Å²) in [6.07, 6.45) is 18.7. The molecule has 0 aliphatic carbocycles. The first-order valence-electron chi connectivity index (χ1n) is 19.9. The van der Waals surface area contributed by atoms with Gasteiger partial charge < -0.3 is 0 Å². The maximum atomic E-state index is 7.14. The van der Waals surface area contributed by atoms with Crippen molar-refractivity contribution in [1.82, 2.24) is 0 Å². The molecule has 0 aromatic heterocycles. The fourth-order valence-corrected chi connectivity index (χ4v) is 91.7. The monoisotopic (exact) mass is 1200 g/mol. The number of hydrogen-bond donors (Lipinski definition) is 0. The predicted octanol–water partition coefficient (Wildman–Crippen LogP) is 14.6. The Morgan fingerprint density at radius 2 is 0.460 bits per heavy atom. The molecule has 0 amide bonds. The van der Waals surface area contributed by atoms with Crippen molar-refractivity contribution in [2.24, 2.45) is 12.9 Å². The van der Waals surface area contributed by atoms with Gasteiger partial charge in [-0.15, -0.1) is 0 Å². The van der Waals surface area contributed by atoms with Gasteiger partial charge in [-0.3, -0.25) is 0 Å². The Bertz CT molecular complexity index is 871. The zero-order chi connectivity index (χ0) is 38.0. The molecule has 288 valence electrons. The second-order valence-electron chi connectivity index (χ2n) is 13.6. The van der Waals surface area contributed by atoms with E-state index in [1.54, 1.807) is 0 Å². The molecule has 0 bridgehead atoms. The summed E-state index contributed by atoms with van der Waals surface area (Å²) < 4.78 is 42.4. The minimum absolute atomic E-state index is 1.11. The van der Waals surface area contributed by atoms with E-state index in [0.29, 0.717) is 0 Å². The van der Waals surface area contributed by atoms with Gasteiger partial charge in [0.15, 0.2) is 0 Å². The molecule has 0 atom stereocenters. The molecule has 0 saturated carbocycles. The van der Waals surface area contributed by atoms with E-state index in [-0.39, 0.29) is 0 Å². The van der Waals surface area contributed by atoms with Gasteiger partial charge in [-0.25, -0.2) is 0 Å². The molecule has 14 heteroatoms. The van der Waals surface area contributed by atoms with Crippen molar-refractivity contribution in [1.29, 1.82) is 0 Å². The van der Waals surface area contributed by atoms with Crippen LogP contribution in [0.1, 0.15) is 158 Å². The van der Waals surface area contributed by atoms with Gasteiger partial charge >= 0.3 is 355 Å². The van der Waals surface area contributed by atoms with Crippen LogP contribution in [0, 0.1) is 0 Å². The third-order valence-electron chi connectivity index (χ3n) is 9.13. The van der Waals surface area contributed by atoms with Gasteiger partial charge in [-0.2, -0.15) is 0 Å². The van der Waals surface area contributed by atoms with Gasteiger partial charge in [-0.05, 0) is 0 Å². The van der Waals surface area contributed by atoms with Gasteiger partial charge in [0.2, 0.25) is 0 Å². The van der Waals surface area contributed by atoms with Crippen LogP contribution in [-0.4, -0.2) is 96.9 Å². The van der Waals surface area contributed by atoms with E-state index in [9.17, 15) is 0 Å². The molecule has 0 aromatic rings. The number of isothiocyanates is 4. The molecule has 0 heterocycles. The van der Waals surface area contributed by atoms with E-state index in [0.717, 1.165) is 35.5 Å². The van der Waals surface area contributed by atoms with Gasteiger partial charge in [0, 0.05) is 0 Å². The number of unbranched alkanes of at least 4 members (excludes halogenated alkanes) is 8. The standard InChI is InChI=1S/8C4H9.4CNS.2O.4Sn/c8*1-3-4-2;4*2-1-3;;;;;;/h8*1,3-4H2,2H3;;;;;;;;;;/q;;;;;;;;4*-1;;;4*+1. The molecule has 0 radical (unpaired) electrons. The summed E-state index contributed by atoms with van der Waals surface area (Å²) in [6.45, 7) is 17.9. The molecular formula is C36H72N4O2S4Sn4. The van der Waals surface area contributed by atoms with Crippen LogP contribution in [-0.2, 0) is 2.82 Å². The average Bonchev–Trinajstić information content (AvgIpc) is 3.12. The van der Waals surface area contributed by atoms with Crippen LogP contribution in [0.2, 0.25) is 35.5 Å². The molecule has 0 aromatic carbocycles.